The Hall–Kier alpha value is -0.170. The summed E-state index contributed by atoms with van der Waals surface area (Å²) in [6.45, 7) is 6.59. The van der Waals surface area contributed by atoms with E-state index < -0.39 is 10.0 Å². The molecule has 0 amide bonds. The van der Waals surface area contributed by atoms with E-state index in [1.807, 2.05) is 0 Å². The molecule has 0 aliphatic carbocycles. The Morgan fingerprint density at radius 2 is 2.19 bits per heavy atom. The van der Waals surface area contributed by atoms with Crippen LogP contribution >= 0.6 is 0 Å². The van der Waals surface area contributed by atoms with Crippen LogP contribution in [0.4, 0.5) is 0 Å². The topological polar surface area (TPSA) is 67.4 Å². The van der Waals surface area contributed by atoms with Crippen LogP contribution in [0.3, 0.4) is 0 Å². The highest BCUT2D eigenvalue weighted by atomic mass is 32.2. The molecule has 2 saturated heterocycles. The summed E-state index contributed by atoms with van der Waals surface area (Å²) in [6, 6.07) is -0.0156. The van der Waals surface area contributed by atoms with Crippen LogP contribution in [0, 0.1) is 5.41 Å². The minimum Gasteiger partial charge on any atom is -0.380 e. The van der Waals surface area contributed by atoms with E-state index >= 15 is 0 Å². The lowest BCUT2D eigenvalue weighted by Crippen LogP contribution is -2.47. The maximum absolute atomic E-state index is 12.1. The molecule has 16 heavy (non-hydrogen) atoms. The van der Waals surface area contributed by atoms with E-state index in [9.17, 15) is 8.42 Å². The third-order valence-electron chi connectivity index (χ3n) is 3.51. The van der Waals surface area contributed by atoms with Crippen molar-refractivity contribution < 1.29 is 13.2 Å². The SMILES string of the molecule is CC1(C)CNCC1NS(=O)(=O)C1CCOC1. The molecule has 5 nitrogen and oxygen atoms in total. The second-order valence-corrected chi connectivity index (χ2v) is 7.31. The quantitative estimate of drug-likeness (QED) is 0.719. The van der Waals surface area contributed by atoms with Crippen molar-refractivity contribution in [1.29, 1.82) is 0 Å². The number of ether oxygens (including phenoxy) is 1. The van der Waals surface area contributed by atoms with Gasteiger partial charge in [0.05, 0.1) is 6.61 Å². The van der Waals surface area contributed by atoms with E-state index in [2.05, 4.69) is 23.9 Å². The zero-order valence-electron chi connectivity index (χ0n) is 9.82. The van der Waals surface area contributed by atoms with E-state index in [1.165, 1.54) is 0 Å². The van der Waals surface area contributed by atoms with Crippen molar-refractivity contribution in [3.8, 4) is 0 Å². The first-order valence-electron chi connectivity index (χ1n) is 5.71. The van der Waals surface area contributed by atoms with Crippen molar-refractivity contribution in [3.63, 3.8) is 0 Å². The van der Waals surface area contributed by atoms with Gasteiger partial charge in [-0.1, -0.05) is 13.8 Å². The highest BCUT2D eigenvalue weighted by molar-refractivity contribution is 7.90. The second-order valence-electron chi connectivity index (χ2n) is 5.32. The van der Waals surface area contributed by atoms with Crippen molar-refractivity contribution in [2.75, 3.05) is 26.3 Å². The number of hydrogen-bond acceptors (Lipinski definition) is 4. The number of hydrogen-bond donors (Lipinski definition) is 2. The molecule has 94 valence electrons. The third-order valence-corrected chi connectivity index (χ3v) is 5.37. The van der Waals surface area contributed by atoms with Crippen LogP contribution < -0.4 is 10.0 Å². The lowest BCUT2D eigenvalue weighted by molar-refractivity contribution is 0.198. The summed E-state index contributed by atoms with van der Waals surface area (Å²) in [6.07, 6.45) is 0.607. The summed E-state index contributed by atoms with van der Waals surface area (Å²) in [7, 11) is -3.23. The number of nitrogens with one attached hydrogen (secondary N) is 2. The Labute approximate surface area is 97.0 Å². The molecule has 2 aliphatic heterocycles. The predicted molar refractivity (Wildman–Crippen MR) is 61.7 cm³/mol. The van der Waals surface area contributed by atoms with E-state index in [4.69, 9.17) is 4.74 Å². The average Bonchev–Trinajstić information content (AvgIpc) is 2.76. The lowest BCUT2D eigenvalue weighted by Gasteiger charge is -2.27. The first-order chi connectivity index (χ1) is 7.42. The summed E-state index contributed by atoms with van der Waals surface area (Å²) in [5, 5.41) is 2.85. The van der Waals surface area contributed by atoms with E-state index in [0.29, 0.717) is 26.2 Å². The van der Waals surface area contributed by atoms with Gasteiger partial charge in [-0.3, -0.25) is 0 Å². The van der Waals surface area contributed by atoms with Crippen molar-refractivity contribution in [3.05, 3.63) is 0 Å². The molecule has 0 aromatic carbocycles. The van der Waals surface area contributed by atoms with Gasteiger partial charge in [0.15, 0.2) is 0 Å². The zero-order chi connectivity index (χ0) is 11.8. The molecule has 2 aliphatic rings. The Bertz CT molecular complexity index is 347. The van der Waals surface area contributed by atoms with Gasteiger partial charge in [-0.25, -0.2) is 13.1 Å². The maximum atomic E-state index is 12.1. The fourth-order valence-electron chi connectivity index (χ4n) is 2.19. The van der Waals surface area contributed by atoms with Gasteiger partial charge >= 0.3 is 0 Å². The first kappa shape index (κ1) is 12.3. The molecule has 0 spiro atoms. The van der Waals surface area contributed by atoms with Crippen molar-refractivity contribution >= 4 is 10.0 Å². The lowest BCUT2D eigenvalue weighted by atomic mass is 9.89. The molecule has 2 heterocycles. The highest BCUT2D eigenvalue weighted by Crippen LogP contribution is 2.25. The summed E-state index contributed by atoms with van der Waals surface area (Å²) >= 11 is 0. The van der Waals surface area contributed by atoms with Crippen molar-refractivity contribution in [1.82, 2.24) is 10.0 Å². The van der Waals surface area contributed by atoms with Crippen LogP contribution in [-0.2, 0) is 14.8 Å². The van der Waals surface area contributed by atoms with Crippen LogP contribution in [0.1, 0.15) is 20.3 Å². The summed E-state index contributed by atoms with van der Waals surface area (Å²) < 4.78 is 32.1. The van der Waals surface area contributed by atoms with Gasteiger partial charge < -0.3 is 10.1 Å². The highest BCUT2D eigenvalue weighted by Gasteiger charge is 2.39. The van der Waals surface area contributed by atoms with Crippen LogP contribution in [0.2, 0.25) is 0 Å². The predicted octanol–water partition coefficient (Wildman–Crippen LogP) is -0.307. The normalized spacial score (nSPS) is 34.4. The number of sulfonamides is 1. The molecular weight excluding hydrogens is 228 g/mol. The summed E-state index contributed by atoms with van der Waals surface area (Å²) in [5.41, 5.74) is -0.0213. The molecule has 2 atom stereocenters. The van der Waals surface area contributed by atoms with Gasteiger partial charge in [-0.2, -0.15) is 0 Å². The zero-order valence-corrected chi connectivity index (χ0v) is 10.6. The fraction of sp³-hybridized carbons (Fsp3) is 1.00. The van der Waals surface area contributed by atoms with Crippen molar-refractivity contribution in [2.24, 2.45) is 5.41 Å². The Balaban J connectivity index is 2.03. The molecule has 0 radical (unpaired) electrons. The molecule has 0 bridgehead atoms. The molecule has 2 N–H and O–H groups in total. The van der Waals surface area contributed by atoms with Gasteiger partial charge in [-0.05, 0) is 11.8 Å². The van der Waals surface area contributed by atoms with Gasteiger partial charge in [0.2, 0.25) is 10.0 Å². The first-order valence-corrected chi connectivity index (χ1v) is 7.26. The van der Waals surface area contributed by atoms with Crippen LogP contribution in [0.5, 0.6) is 0 Å². The smallest absolute Gasteiger partial charge is 0.217 e. The van der Waals surface area contributed by atoms with Gasteiger partial charge in [0, 0.05) is 25.7 Å². The molecular formula is C10H20N2O3S. The summed E-state index contributed by atoms with van der Waals surface area (Å²) in [4.78, 5) is 0. The molecule has 2 rings (SSSR count). The molecule has 2 fully saturated rings. The maximum Gasteiger partial charge on any atom is 0.217 e. The van der Waals surface area contributed by atoms with Crippen LogP contribution in [0.15, 0.2) is 0 Å². The second kappa shape index (κ2) is 4.25. The van der Waals surface area contributed by atoms with Gasteiger partial charge in [-0.15, -0.1) is 0 Å². The number of rotatable bonds is 3. The van der Waals surface area contributed by atoms with Crippen LogP contribution in [-0.4, -0.2) is 46.0 Å². The molecule has 0 aromatic rings. The third kappa shape index (κ3) is 2.40. The van der Waals surface area contributed by atoms with E-state index in [0.717, 1.165) is 6.54 Å². The largest absolute Gasteiger partial charge is 0.380 e. The van der Waals surface area contributed by atoms with E-state index in [-0.39, 0.29) is 16.7 Å². The molecule has 2 unspecified atom stereocenters. The average molecular weight is 248 g/mol. The Kier molecular flexibility index (Phi) is 3.27. The van der Waals surface area contributed by atoms with Gasteiger partial charge in [0.1, 0.15) is 5.25 Å². The Morgan fingerprint density at radius 3 is 2.69 bits per heavy atom. The molecule has 0 saturated carbocycles. The minimum atomic E-state index is -3.23. The minimum absolute atomic E-state index is 0.0156. The monoisotopic (exact) mass is 248 g/mol. The van der Waals surface area contributed by atoms with Gasteiger partial charge in [0.25, 0.3) is 0 Å². The van der Waals surface area contributed by atoms with E-state index in [1.54, 1.807) is 0 Å². The molecule has 6 heteroatoms. The Morgan fingerprint density at radius 1 is 1.44 bits per heavy atom. The fourth-order valence-corrected chi connectivity index (χ4v) is 3.86. The molecule has 0 aromatic heterocycles. The summed E-state index contributed by atoms with van der Waals surface area (Å²) in [5.74, 6) is 0. The van der Waals surface area contributed by atoms with Crippen LogP contribution in [0.25, 0.3) is 0 Å². The standard InChI is InChI=1S/C10H20N2O3S/c1-10(2)7-11-5-9(10)12-16(13,14)8-3-4-15-6-8/h8-9,11-12H,3-7H2,1-2H3. The van der Waals surface area contributed by atoms with Crippen molar-refractivity contribution in [2.45, 2.75) is 31.6 Å².